The lowest BCUT2D eigenvalue weighted by Gasteiger charge is -2.18. The number of benzene rings is 1. The molecule has 0 aromatic heterocycles. The molecule has 0 heterocycles. The minimum Gasteiger partial charge on any atom is -0.491 e. The summed E-state index contributed by atoms with van der Waals surface area (Å²) >= 11 is 0. The number of rotatable bonds is 4. The summed E-state index contributed by atoms with van der Waals surface area (Å²) in [6.45, 7) is 4.17. The monoisotopic (exact) mass is 233 g/mol. The standard InChI is InChI=1S/C15H23NO/c1-11(2)17-15-7-5-4-6-14(15)12-8-9-13(10-12)16-3/h4-7,11-13,16H,8-10H2,1-3H3. The van der Waals surface area contributed by atoms with Gasteiger partial charge in [-0.25, -0.2) is 0 Å². The van der Waals surface area contributed by atoms with E-state index >= 15 is 0 Å². The first-order valence-electron chi connectivity index (χ1n) is 6.63. The smallest absolute Gasteiger partial charge is 0.123 e. The molecule has 1 saturated carbocycles. The lowest BCUT2D eigenvalue weighted by molar-refractivity contribution is 0.238. The fraction of sp³-hybridized carbons (Fsp3) is 0.600. The highest BCUT2D eigenvalue weighted by atomic mass is 16.5. The van der Waals surface area contributed by atoms with Crippen molar-refractivity contribution in [3.05, 3.63) is 29.8 Å². The highest BCUT2D eigenvalue weighted by molar-refractivity contribution is 5.37. The molecule has 0 bridgehead atoms. The number of nitrogens with one attached hydrogen (secondary N) is 1. The first-order valence-corrected chi connectivity index (χ1v) is 6.63. The van der Waals surface area contributed by atoms with Crippen molar-refractivity contribution in [2.45, 2.75) is 51.2 Å². The summed E-state index contributed by atoms with van der Waals surface area (Å²) in [4.78, 5) is 0. The maximum absolute atomic E-state index is 5.91. The Balaban J connectivity index is 2.14. The summed E-state index contributed by atoms with van der Waals surface area (Å²) in [5.74, 6) is 1.73. The zero-order valence-electron chi connectivity index (χ0n) is 11.1. The minimum atomic E-state index is 0.248. The van der Waals surface area contributed by atoms with E-state index in [0.717, 1.165) is 5.75 Å². The third-order valence-corrected chi connectivity index (χ3v) is 3.56. The molecule has 0 saturated heterocycles. The van der Waals surface area contributed by atoms with Gasteiger partial charge in [0.2, 0.25) is 0 Å². The average molecular weight is 233 g/mol. The van der Waals surface area contributed by atoms with Gasteiger partial charge in [0.1, 0.15) is 5.75 Å². The van der Waals surface area contributed by atoms with Gasteiger partial charge in [-0.1, -0.05) is 18.2 Å². The molecule has 1 aliphatic rings. The van der Waals surface area contributed by atoms with Crippen LogP contribution in [0.2, 0.25) is 0 Å². The van der Waals surface area contributed by atoms with E-state index in [-0.39, 0.29) is 6.10 Å². The quantitative estimate of drug-likeness (QED) is 0.861. The van der Waals surface area contributed by atoms with E-state index in [1.165, 1.54) is 24.8 Å². The van der Waals surface area contributed by atoms with Crippen molar-refractivity contribution in [1.82, 2.24) is 5.32 Å². The molecule has 1 aromatic rings. The van der Waals surface area contributed by atoms with E-state index in [1.54, 1.807) is 0 Å². The zero-order valence-corrected chi connectivity index (χ0v) is 11.1. The molecule has 2 atom stereocenters. The second-order valence-electron chi connectivity index (χ2n) is 5.20. The van der Waals surface area contributed by atoms with Gasteiger partial charge in [-0.15, -0.1) is 0 Å². The van der Waals surface area contributed by atoms with Gasteiger partial charge in [0.15, 0.2) is 0 Å². The fourth-order valence-electron chi connectivity index (χ4n) is 2.71. The summed E-state index contributed by atoms with van der Waals surface area (Å²) in [6.07, 6.45) is 4.02. The third kappa shape index (κ3) is 3.01. The van der Waals surface area contributed by atoms with Crippen LogP contribution in [0.1, 0.15) is 44.6 Å². The molecule has 1 aliphatic carbocycles. The summed E-state index contributed by atoms with van der Waals surface area (Å²) in [5.41, 5.74) is 1.39. The van der Waals surface area contributed by atoms with Crippen LogP contribution >= 0.6 is 0 Å². The van der Waals surface area contributed by atoms with Crippen LogP contribution in [0.3, 0.4) is 0 Å². The third-order valence-electron chi connectivity index (χ3n) is 3.56. The van der Waals surface area contributed by atoms with Crippen molar-refractivity contribution in [2.24, 2.45) is 0 Å². The van der Waals surface area contributed by atoms with Gasteiger partial charge in [0.05, 0.1) is 6.10 Å². The number of hydrogen-bond acceptors (Lipinski definition) is 2. The molecule has 0 spiro atoms. The Hall–Kier alpha value is -1.02. The van der Waals surface area contributed by atoms with Crippen molar-refractivity contribution in [3.63, 3.8) is 0 Å². The van der Waals surface area contributed by atoms with Crippen molar-refractivity contribution >= 4 is 0 Å². The molecular weight excluding hydrogens is 210 g/mol. The summed E-state index contributed by atoms with van der Waals surface area (Å²) < 4.78 is 5.91. The van der Waals surface area contributed by atoms with Gasteiger partial charge in [0, 0.05) is 6.04 Å². The molecule has 2 unspecified atom stereocenters. The van der Waals surface area contributed by atoms with Gasteiger partial charge in [0.25, 0.3) is 0 Å². The van der Waals surface area contributed by atoms with Crippen LogP contribution in [0.4, 0.5) is 0 Å². The molecule has 2 rings (SSSR count). The number of hydrogen-bond donors (Lipinski definition) is 1. The Morgan fingerprint density at radius 2 is 2.00 bits per heavy atom. The second kappa shape index (κ2) is 5.54. The van der Waals surface area contributed by atoms with E-state index in [9.17, 15) is 0 Å². The molecule has 1 fully saturated rings. The molecule has 17 heavy (non-hydrogen) atoms. The molecule has 2 heteroatoms. The first-order chi connectivity index (χ1) is 8.20. The van der Waals surface area contributed by atoms with Crippen LogP contribution in [0.25, 0.3) is 0 Å². The highest BCUT2D eigenvalue weighted by Gasteiger charge is 2.26. The highest BCUT2D eigenvalue weighted by Crippen LogP contribution is 2.38. The van der Waals surface area contributed by atoms with Crippen molar-refractivity contribution in [1.29, 1.82) is 0 Å². The van der Waals surface area contributed by atoms with Gasteiger partial charge in [-0.3, -0.25) is 0 Å². The Morgan fingerprint density at radius 1 is 1.24 bits per heavy atom. The van der Waals surface area contributed by atoms with Crippen LogP contribution in [0.15, 0.2) is 24.3 Å². The van der Waals surface area contributed by atoms with E-state index in [4.69, 9.17) is 4.74 Å². The normalized spacial score (nSPS) is 24.2. The summed E-state index contributed by atoms with van der Waals surface area (Å²) in [6, 6.07) is 9.18. The van der Waals surface area contributed by atoms with Gasteiger partial charge in [-0.2, -0.15) is 0 Å². The number of para-hydroxylation sites is 1. The first kappa shape index (κ1) is 12.4. The van der Waals surface area contributed by atoms with Gasteiger partial charge in [-0.05, 0) is 57.7 Å². The van der Waals surface area contributed by atoms with E-state index in [1.807, 2.05) is 0 Å². The maximum Gasteiger partial charge on any atom is 0.123 e. The molecule has 0 amide bonds. The van der Waals surface area contributed by atoms with E-state index < -0.39 is 0 Å². The maximum atomic E-state index is 5.91. The molecule has 94 valence electrons. The predicted molar refractivity (Wildman–Crippen MR) is 71.6 cm³/mol. The fourth-order valence-corrected chi connectivity index (χ4v) is 2.71. The topological polar surface area (TPSA) is 21.3 Å². The minimum absolute atomic E-state index is 0.248. The predicted octanol–water partition coefficient (Wildman–Crippen LogP) is 3.33. The Labute approximate surface area is 104 Å². The van der Waals surface area contributed by atoms with Gasteiger partial charge >= 0.3 is 0 Å². The largest absolute Gasteiger partial charge is 0.491 e. The molecule has 1 N–H and O–H groups in total. The number of ether oxygens (including phenoxy) is 1. The molecule has 0 aliphatic heterocycles. The molecule has 1 aromatic carbocycles. The Bertz CT molecular complexity index is 362. The molecule has 0 radical (unpaired) electrons. The average Bonchev–Trinajstić information content (AvgIpc) is 2.77. The second-order valence-corrected chi connectivity index (χ2v) is 5.20. The van der Waals surface area contributed by atoms with E-state index in [0.29, 0.717) is 12.0 Å². The Kier molecular flexibility index (Phi) is 4.06. The van der Waals surface area contributed by atoms with Crippen LogP contribution in [-0.2, 0) is 0 Å². The van der Waals surface area contributed by atoms with Crippen LogP contribution in [0.5, 0.6) is 5.75 Å². The molecule has 2 nitrogen and oxygen atoms in total. The summed E-state index contributed by atoms with van der Waals surface area (Å²) in [7, 11) is 2.06. The summed E-state index contributed by atoms with van der Waals surface area (Å²) in [5, 5.41) is 3.38. The lowest BCUT2D eigenvalue weighted by Crippen LogP contribution is -2.21. The van der Waals surface area contributed by atoms with Gasteiger partial charge < -0.3 is 10.1 Å². The van der Waals surface area contributed by atoms with Crippen molar-refractivity contribution in [2.75, 3.05) is 7.05 Å². The van der Waals surface area contributed by atoms with Crippen LogP contribution in [0, 0.1) is 0 Å². The zero-order chi connectivity index (χ0) is 12.3. The Morgan fingerprint density at radius 3 is 2.65 bits per heavy atom. The molecular formula is C15H23NO. The van der Waals surface area contributed by atoms with Crippen molar-refractivity contribution in [3.8, 4) is 5.75 Å². The van der Waals surface area contributed by atoms with Crippen molar-refractivity contribution < 1.29 is 4.74 Å². The SMILES string of the molecule is CNC1CCC(c2ccccc2OC(C)C)C1. The van der Waals surface area contributed by atoms with E-state index in [2.05, 4.69) is 50.5 Å². The lowest BCUT2D eigenvalue weighted by atomic mass is 9.96. The van der Waals surface area contributed by atoms with Crippen LogP contribution < -0.4 is 10.1 Å². The van der Waals surface area contributed by atoms with Crippen LogP contribution in [-0.4, -0.2) is 19.2 Å².